The van der Waals surface area contributed by atoms with Gasteiger partial charge in [0.25, 0.3) is 0 Å². The fourth-order valence-electron chi connectivity index (χ4n) is 2.84. The van der Waals surface area contributed by atoms with Crippen LogP contribution in [0.2, 0.25) is 0 Å². The van der Waals surface area contributed by atoms with Crippen molar-refractivity contribution in [2.24, 2.45) is 11.7 Å². The van der Waals surface area contributed by atoms with E-state index in [1.807, 2.05) is 30.3 Å². The van der Waals surface area contributed by atoms with Crippen LogP contribution in [0.15, 0.2) is 30.3 Å². The minimum absolute atomic E-state index is 0.0957. The SMILES string of the molecule is CN1CCC(CCNC(=O)C(C)(N)c2ccccc2)CC1. The third-order valence-corrected chi connectivity index (χ3v) is 4.52. The number of hydrogen-bond donors (Lipinski definition) is 2. The minimum Gasteiger partial charge on any atom is -0.354 e. The number of rotatable bonds is 5. The van der Waals surface area contributed by atoms with E-state index < -0.39 is 5.54 Å². The molecule has 1 fully saturated rings. The standard InChI is InChI=1S/C17H27N3O/c1-17(18,15-6-4-3-5-7-15)16(21)19-11-8-14-9-12-20(2)13-10-14/h3-7,14H,8-13,18H2,1-2H3,(H,19,21). The summed E-state index contributed by atoms with van der Waals surface area (Å²) in [5, 5.41) is 3.00. The average Bonchev–Trinajstić information content (AvgIpc) is 2.50. The Balaban J connectivity index is 1.79. The van der Waals surface area contributed by atoms with Crippen molar-refractivity contribution in [3.05, 3.63) is 35.9 Å². The molecule has 1 aromatic rings. The van der Waals surface area contributed by atoms with Crippen molar-refractivity contribution in [2.45, 2.75) is 31.7 Å². The second kappa shape index (κ2) is 7.05. The van der Waals surface area contributed by atoms with Crippen molar-refractivity contribution in [3.8, 4) is 0 Å². The molecule has 0 radical (unpaired) electrons. The van der Waals surface area contributed by atoms with Crippen molar-refractivity contribution in [2.75, 3.05) is 26.7 Å². The molecule has 0 saturated carbocycles. The van der Waals surface area contributed by atoms with Crippen LogP contribution in [-0.4, -0.2) is 37.5 Å². The van der Waals surface area contributed by atoms with Gasteiger partial charge in [-0.1, -0.05) is 30.3 Å². The number of nitrogens with two attached hydrogens (primary N) is 1. The lowest BCUT2D eigenvalue weighted by atomic mass is 9.91. The van der Waals surface area contributed by atoms with E-state index in [1.165, 1.54) is 12.8 Å². The Kier molecular flexibility index (Phi) is 5.37. The summed E-state index contributed by atoms with van der Waals surface area (Å²) in [5.74, 6) is 0.629. The molecule has 0 aromatic heterocycles. The fourth-order valence-corrected chi connectivity index (χ4v) is 2.84. The third-order valence-electron chi connectivity index (χ3n) is 4.52. The van der Waals surface area contributed by atoms with Crippen molar-refractivity contribution >= 4 is 5.91 Å². The molecule has 0 spiro atoms. The Hall–Kier alpha value is -1.39. The van der Waals surface area contributed by atoms with E-state index in [4.69, 9.17) is 5.73 Å². The molecule has 1 atom stereocenters. The lowest BCUT2D eigenvalue weighted by molar-refractivity contribution is -0.126. The van der Waals surface area contributed by atoms with Gasteiger partial charge in [-0.2, -0.15) is 0 Å². The summed E-state index contributed by atoms with van der Waals surface area (Å²) < 4.78 is 0. The molecule has 21 heavy (non-hydrogen) atoms. The smallest absolute Gasteiger partial charge is 0.244 e. The van der Waals surface area contributed by atoms with Gasteiger partial charge in [0.2, 0.25) is 5.91 Å². The van der Waals surface area contributed by atoms with Crippen LogP contribution in [0.25, 0.3) is 0 Å². The van der Waals surface area contributed by atoms with E-state index in [-0.39, 0.29) is 5.91 Å². The first-order valence-electron chi connectivity index (χ1n) is 7.81. The van der Waals surface area contributed by atoms with E-state index in [0.29, 0.717) is 6.54 Å². The summed E-state index contributed by atoms with van der Waals surface area (Å²) in [5.41, 5.74) is 6.08. The first kappa shape index (κ1) is 16.0. The molecule has 1 unspecified atom stereocenters. The van der Waals surface area contributed by atoms with E-state index in [2.05, 4.69) is 17.3 Å². The molecule has 1 aromatic carbocycles. The van der Waals surface area contributed by atoms with Crippen LogP contribution in [0, 0.1) is 5.92 Å². The quantitative estimate of drug-likeness (QED) is 0.867. The number of benzene rings is 1. The molecule has 1 amide bonds. The van der Waals surface area contributed by atoms with Gasteiger partial charge in [0, 0.05) is 6.54 Å². The van der Waals surface area contributed by atoms with Crippen LogP contribution in [0.5, 0.6) is 0 Å². The number of piperidine rings is 1. The second-order valence-electron chi connectivity index (χ2n) is 6.36. The molecule has 1 saturated heterocycles. The zero-order valence-corrected chi connectivity index (χ0v) is 13.1. The average molecular weight is 289 g/mol. The Morgan fingerprint density at radius 2 is 1.95 bits per heavy atom. The van der Waals surface area contributed by atoms with Gasteiger partial charge in [-0.3, -0.25) is 4.79 Å². The molecule has 1 aliphatic rings. The number of likely N-dealkylation sites (tertiary alicyclic amines) is 1. The van der Waals surface area contributed by atoms with Crippen LogP contribution in [0.3, 0.4) is 0 Å². The molecule has 2 rings (SSSR count). The zero-order chi connectivity index (χ0) is 15.3. The number of nitrogens with one attached hydrogen (secondary N) is 1. The number of nitrogens with zero attached hydrogens (tertiary/aromatic N) is 1. The molecule has 116 valence electrons. The highest BCUT2D eigenvalue weighted by Crippen LogP contribution is 2.20. The summed E-state index contributed by atoms with van der Waals surface area (Å²) in [6.07, 6.45) is 3.50. The number of carbonyl (C=O) groups is 1. The Labute approximate surface area is 127 Å². The van der Waals surface area contributed by atoms with Gasteiger partial charge >= 0.3 is 0 Å². The Morgan fingerprint density at radius 1 is 1.33 bits per heavy atom. The number of carbonyl (C=O) groups excluding carboxylic acids is 1. The van der Waals surface area contributed by atoms with Gasteiger partial charge in [0.05, 0.1) is 0 Å². The molecule has 4 heteroatoms. The van der Waals surface area contributed by atoms with Crippen LogP contribution >= 0.6 is 0 Å². The molecule has 0 bridgehead atoms. The van der Waals surface area contributed by atoms with E-state index in [0.717, 1.165) is 31.0 Å². The topological polar surface area (TPSA) is 58.4 Å². The number of hydrogen-bond acceptors (Lipinski definition) is 3. The number of amides is 1. The maximum absolute atomic E-state index is 12.3. The van der Waals surface area contributed by atoms with Crippen molar-refractivity contribution < 1.29 is 4.79 Å². The molecule has 1 heterocycles. The monoisotopic (exact) mass is 289 g/mol. The highest BCUT2D eigenvalue weighted by atomic mass is 16.2. The molecule has 4 nitrogen and oxygen atoms in total. The largest absolute Gasteiger partial charge is 0.354 e. The molecule has 0 aliphatic carbocycles. The highest BCUT2D eigenvalue weighted by molar-refractivity contribution is 5.86. The third kappa shape index (κ3) is 4.29. The van der Waals surface area contributed by atoms with E-state index in [1.54, 1.807) is 6.92 Å². The summed E-state index contributed by atoms with van der Waals surface area (Å²) >= 11 is 0. The lowest BCUT2D eigenvalue weighted by Crippen LogP contribution is -2.49. The molecular formula is C17H27N3O. The normalized spacial score (nSPS) is 20.0. The fraction of sp³-hybridized carbons (Fsp3) is 0.588. The van der Waals surface area contributed by atoms with E-state index in [9.17, 15) is 4.79 Å². The Bertz CT molecular complexity index is 450. The second-order valence-corrected chi connectivity index (χ2v) is 6.36. The summed E-state index contributed by atoms with van der Waals surface area (Å²) in [4.78, 5) is 14.7. The van der Waals surface area contributed by atoms with Gasteiger partial charge in [-0.25, -0.2) is 0 Å². The Morgan fingerprint density at radius 3 is 2.57 bits per heavy atom. The van der Waals surface area contributed by atoms with Crippen LogP contribution in [0.1, 0.15) is 31.7 Å². The summed E-state index contributed by atoms with van der Waals surface area (Å²) in [7, 11) is 2.16. The minimum atomic E-state index is -0.964. The van der Waals surface area contributed by atoms with Crippen LogP contribution in [-0.2, 0) is 10.3 Å². The van der Waals surface area contributed by atoms with E-state index >= 15 is 0 Å². The van der Waals surface area contributed by atoms with Gasteiger partial charge < -0.3 is 16.0 Å². The molecular weight excluding hydrogens is 262 g/mol. The van der Waals surface area contributed by atoms with Crippen LogP contribution in [0.4, 0.5) is 0 Å². The molecule has 3 N–H and O–H groups in total. The van der Waals surface area contributed by atoms with Crippen molar-refractivity contribution in [1.29, 1.82) is 0 Å². The molecule has 1 aliphatic heterocycles. The predicted octanol–water partition coefficient (Wildman–Crippen LogP) is 1.71. The van der Waals surface area contributed by atoms with Gasteiger partial charge in [0.1, 0.15) is 5.54 Å². The van der Waals surface area contributed by atoms with Gasteiger partial charge in [0.15, 0.2) is 0 Å². The maximum atomic E-state index is 12.3. The predicted molar refractivity (Wildman–Crippen MR) is 85.8 cm³/mol. The highest BCUT2D eigenvalue weighted by Gasteiger charge is 2.30. The first-order chi connectivity index (χ1) is 10.00. The van der Waals surface area contributed by atoms with Crippen LogP contribution < -0.4 is 11.1 Å². The first-order valence-corrected chi connectivity index (χ1v) is 7.81. The summed E-state index contributed by atoms with van der Waals surface area (Å²) in [6.45, 7) is 4.81. The maximum Gasteiger partial charge on any atom is 0.244 e. The van der Waals surface area contributed by atoms with Gasteiger partial charge in [-0.15, -0.1) is 0 Å². The van der Waals surface area contributed by atoms with Crippen molar-refractivity contribution in [1.82, 2.24) is 10.2 Å². The zero-order valence-electron chi connectivity index (χ0n) is 13.1. The lowest BCUT2D eigenvalue weighted by Gasteiger charge is -2.29. The van der Waals surface area contributed by atoms with Crippen molar-refractivity contribution in [3.63, 3.8) is 0 Å². The van der Waals surface area contributed by atoms with Gasteiger partial charge in [-0.05, 0) is 57.8 Å². The summed E-state index contributed by atoms with van der Waals surface area (Å²) in [6, 6.07) is 9.54.